The number of aromatic nitrogens is 2. The number of likely N-dealkylation sites (N-methyl/N-ethyl adjacent to an activating group) is 1. The Balaban J connectivity index is 1.69. The Labute approximate surface area is 142 Å². The van der Waals surface area contributed by atoms with E-state index in [2.05, 4.69) is 21.8 Å². The molecule has 1 aliphatic rings. The monoisotopic (exact) mass is 326 g/mol. The molecule has 0 bridgehead atoms. The lowest BCUT2D eigenvalue weighted by molar-refractivity contribution is 0.0643. The molecule has 6 heteroatoms. The molecule has 3 rings (SSSR count). The highest BCUT2D eigenvalue weighted by atomic mass is 16.5. The van der Waals surface area contributed by atoms with Crippen LogP contribution in [-0.2, 0) is 0 Å². The molecule has 1 saturated heterocycles. The summed E-state index contributed by atoms with van der Waals surface area (Å²) < 4.78 is 5.67. The summed E-state index contributed by atoms with van der Waals surface area (Å²) in [6.45, 7) is 8.43. The van der Waals surface area contributed by atoms with Crippen LogP contribution in [0.15, 0.2) is 36.5 Å². The number of ether oxygens (including phenoxy) is 1. The average molecular weight is 326 g/mol. The molecule has 0 aliphatic carbocycles. The summed E-state index contributed by atoms with van der Waals surface area (Å²) in [4.78, 5) is 25.2. The van der Waals surface area contributed by atoms with E-state index in [1.807, 2.05) is 30.0 Å². The predicted molar refractivity (Wildman–Crippen MR) is 91.3 cm³/mol. The molecule has 2 heterocycles. The van der Waals surface area contributed by atoms with Gasteiger partial charge in [-0.2, -0.15) is 0 Å². The Morgan fingerprint density at radius 3 is 2.71 bits per heavy atom. The number of hydrogen-bond acceptors (Lipinski definition) is 5. The maximum atomic E-state index is 12.7. The third-order valence-electron chi connectivity index (χ3n) is 4.17. The van der Waals surface area contributed by atoms with Gasteiger partial charge in [0.05, 0.1) is 0 Å². The highest BCUT2D eigenvalue weighted by Crippen LogP contribution is 2.20. The van der Waals surface area contributed by atoms with Crippen molar-refractivity contribution in [2.75, 3.05) is 32.7 Å². The molecule has 1 amide bonds. The van der Waals surface area contributed by atoms with Crippen molar-refractivity contribution < 1.29 is 9.53 Å². The van der Waals surface area contributed by atoms with Crippen molar-refractivity contribution in [2.45, 2.75) is 13.8 Å². The van der Waals surface area contributed by atoms with Gasteiger partial charge < -0.3 is 14.5 Å². The van der Waals surface area contributed by atoms with Crippen LogP contribution in [0.3, 0.4) is 0 Å². The number of benzene rings is 1. The fourth-order valence-corrected chi connectivity index (χ4v) is 2.72. The van der Waals surface area contributed by atoms with E-state index in [4.69, 9.17) is 4.74 Å². The third-order valence-corrected chi connectivity index (χ3v) is 4.17. The molecule has 0 saturated carbocycles. The number of nitrogens with zero attached hydrogens (tertiary/aromatic N) is 4. The van der Waals surface area contributed by atoms with Gasteiger partial charge in [-0.15, -0.1) is 0 Å². The van der Waals surface area contributed by atoms with Crippen LogP contribution in [0.25, 0.3) is 0 Å². The van der Waals surface area contributed by atoms with Crippen molar-refractivity contribution in [1.82, 2.24) is 19.8 Å². The van der Waals surface area contributed by atoms with E-state index in [9.17, 15) is 4.79 Å². The van der Waals surface area contributed by atoms with E-state index in [1.165, 1.54) is 0 Å². The molecule has 1 fully saturated rings. The van der Waals surface area contributed by atoms with Crippen molar-refractivity contribution >= 4 is 5.91 Å². The van der Waals surface area contributed by atoms with Crippen molar-refractivity contribution in [3.05, 3.63) is 47.8 Å². The van der Waals surface area contributed by atoms with Crippen molar-refractivity contribution in [1.29, 1.82) is 0 Å². The molecule has 2 aromatic rings. The summed E-state index contributed by atoms with van der Waals surface area (Å²) in [5, 5.41) is 0. The Morgan fingerprint density at radius 1 is 1.21 bits per heavy atom. The summed E-state index contributed by atoms with van der Waals surface area (Å²) in [7, 11) is 0. The number of carbonyl (C=O) groups excluding carboxylic acids is 1. The zero-order chi connectivity index (χ0) is 16.9. The first-order valence-electron chi connectivity index (χ1n) is 8.25. The summed E-state index contributed by atoms with van der Waals surface area (Å²) in [5.41, 5.74) is 1.46. The molecule has 6 nitrogen and oxygen atoms in total. The first kappa shape index (κ1) is 16.4. The number of hydrogen-bond donors (Lipinski definition) is 0. The number of amides is 1. The van der Waals surface area contributed by atoms with Gasteiger partial charge in [-0.05, 0) is 37.7 Å². The minimum absolute atomic E-state index is 0.0429. The van der Waals surface area contributed by atoms with Crippen LogP contribution in [0.5, 0.6) is 11.8 Å². The Morgan fingerprint density at radius 2 is 2.00 bits per heavy atom. The Hall–Kier alpha value is -2.47. The predicted octanol–water partition coefficient (Wildman–Crippen LogP) is 2.36. The Bertz CT molecular complexity index is 712. The summed E-state index contributed by atoms with van der Waals surface area (Å²) in [6.07, 6.45) is 1.65. The van der Waals surface area contributed by atoms with Gasteiger partial charge in [0.1, 0.15) is 5.75 Å². The summed E-state index contributed by atoms with van der Waals surface area (Å²) in [5.74, 6) is 0.611. The van der Waals surface area contributed by atoms with E-state index in [-0.39, 0.29) is 11.9 Å². The SMILES string of the molecule is CCN1CCN(C(=O)c2cccc(Oc3nccc(C)n3)c2)CC1. The average Bonchev–Trinajstić information content (AvgIpc) is 2.61. The van der Waals surface area contributed by atoms with Crippen molar-refractivity contribution in [3.63, 3.8) is 0 Å². The fourth-order valence-electron chi connectivity index (χ4n) is 2.72. The number of aryl methyl sites for hydroxylation is 1. The number of rotatable bonds is 4. The second-order valence-corrected chi connectivity index (χ2v) is 5.84. The molecule has 0 N–H and O–H groups in total. The van der Waals surface area contributed by atoms with Gasteiger partial charge in [0.25, 0.3) is 5.91 Å². The lowest BCUT2D eigenvalue weighted by Crippen LogP contribution is -2.48. The molecular weight excluding hydrogens is 304 g/mol. The maximum Gasteiger partial charge on any atom is 0.322 e. The van der Waals surface area contributed by atoms with Crippen molar-refractivity contribution in [3.8, 4) is 11.8 Å². The van der Waals surface area contributed by atoms with Crippen LogP contribution in [0.2, 0.25) is 0 Å². The maximum absolute atomic E-state index is 12.7. The van der Waals surface area contributed by atoms with E-state index in [0.29, 0.717) is 11.3 Å². The molecule has 126 valence electrons. The van der Waals surface area contributed by atoms with Crippen LogP contribution in [0.1, 0.15) is 23.0 Å². The van der Waals surface area contributed by atoms with E-state index in [1.54, 1.807) is 18.3 Å². The van der Waals surface area contributed by atoms with E-state index >= 15 is 0 Å². The zero-order valence-corrected chi connectivity index (χ0v) is 14.1. The van der Waals surface area contributed by atoms with Crippen molar-refractivity contribution in [2.24, 2.45) is 0 Å². The first-order valence-corrected chi connectivity index (χ1v) is 8.25. The van der Waals surface area contributed by atoms with Crippen LogP contribution in [0, 0.1) is 6.92 Å². The van der Waals surface area contributed by atoms with E-state index < -0.39 is 0 Å². The van der Waals surface area contributed by atoms with Gasteiger partial charge in [-0.1, -0.05) is 13.0 Å². The van der Waals surface area contributed by atoms with Gasteiger partial charge in [0.15, 0.2) is 0 Å². The molecule has 0 radical (unpaired) electrons. The fraction of sp³-hybridized carbons (Fsp3) is 0.389. The van der Waals surface area contributed by atoms with Gasteiger partial charge >= 0.3 is 6.01 Å². The largest absolute Gasteiger partial charge is 0.424 e. The molecule has 24 heavy (non-hydrogen) atoms. The standard InChI is InChI=1S/C18H22N4O2/c1-3-21-9-11-22(12-10-21)17(23)15-5-4-6-16(13-15)24-18-19-8-7-14(2)20-18/h4-8,13H,3,9-12H2,1-2H3. The van der Waals surface area contributed by atoms with Crippen LogP contribution in [0.4, 0.5) is 0 Å². The first-order chi connectivity index (χ1) is 11.7. The smallest absolute Gasteiger partial charge is 0.322 e. The molecule has 0 atom stereocenters. The second-order valence-electron chi connectivity index (χ2n) is 5.84. The van der Waals surface area contributed by atoms with Crippen LogP contribution < -0.4 is 4.74 Å². The van der Waals surface area contributed by atoms with Gasteiger partial charge in [-0.25, -0.2) is 9.97 Å². The van der Waals surface area contributed by atoms with Crippen LogP contribution >= 0.6 is 0 Å². The lowest BCUT2D eigenvalue weighted by atomic mass is 10.1. The highest BCUT2D eigenvalue weighted by Gasteiger charge is 2.21. The third kappa shape index (κ3) is 3.89. The Kier molecular flexibility index (Phi) is 5.05. The minimum Gasteiger partial charge on any atom is -0.424 e. The topological polar surface area (TPSA) is 58.6 Å². The minimum atomic E-state index is 0.0429. The molecule has 0 spiro atoms. The number of carbonyl (C=O) groups is 1. The second kappa shape index (κ2) is 7.40. The van der Waals surface area contributed by atoms with Gasteiger partial charge in [0, 0.05) is 43.6 Å². The molecule has 1 aromatic carbocycles. The molecule has 0 unspecified atom stereocenters. The summed E-state index contributed by atoms with van der Waals surface area (Å²) in [6, 6.07) is 9.29. The highest BCUT2D eigenvalue weighted by molar-refractivity contribution is 5.94. The lowest BCUT2D eigenvalue weighted by Gasteiger charge is -2.34. The summed E-state index contributed by atoms with van der Waals surface area (Å²) >= 11 is 0. The van der Waals surface area contributed by atoms with E-state index in [0.717, 1.165) is 38.4 Å². The quantitative estimate of drug-likeness (QED) is 0.863. The molecular formula is C18H22N4O2. The van der Waals surface area contributed by atoms with Gasteiger partial charge in [0.2, 0.25) is 0 Å². The van der Waals surface area contributed by atoms with Crippen LogP contribution in [-0.4, -0.2) is 58.4 Å². The molecule has 1 aliphatic heterocycles. The molecule has 1 aromatic heterocycles. The van der Waals surface area contributed by atoms with Gasteiger partial charge in [-0.3, -0.25) is 4.79 Å². The zero-order valence-electron chi connectivity index (χ0n) is 14.1. The number of piperazine rings is 1. The normalized spacial score (nSPS) is 15.3.